The number of rotatable bonds is 2. The van der Waals surface area contributed by atoms with E-state index >= 15 is 0 Å². The fourth-order valence-electron chi connectivity index (χ4n) is 2.20. The van der Waals surface area contributed by atoms with Crippen molar-refractivity contribution >= 4 is 17.7 Å². The number of terminal acetylenes is 1. The summed E-state index contributed by atoms with van der Waals surface area (Å²) in [6, 6.07) is 5.76. The molecule has 1 atom stereocenters. The zero-order chi connectivity index (χ0) is 14.9. The van der Waals surface area contributed by atoms with Gasteiger partial charge in [0.05, 0.1) is 5.54 Å². The Kier molecular flexibility index (Phi) is 3.41. The molecule has 1 aliphatic rings. The number of nitrogens with zero attached hydrogens (tertiary/aromatic N) is 1. The standard InChI is InChI=1S/C15H16N2O3/c1-4-15(2,3)16-14(20)17-11-8-6-5-7-10(11)9-12(17)13(18)19/h1,5-8,12H,9H2,2-3H3,(H,16,20)(H,18,19). The predicted octanol–water partition coefficient (Wildman–Crippen LogP) is 1.62. The topological polar surface area (TPSA) is 69.6 Å². The van der Waals surface area contributed by atoms with E-state index in [0.29, 0.717) is 12.1 Å². The van der Waals surface area contributed by atoms with Crippen LogP contribution in [-0.2, 0) is 11.2 Å². The Morgan fingerprint density at radius 3 is 2.70 bits per heavy atom. The van der Waals surface area contributed by atoms with Crippen LogP contribution in [0.1, 0.15) is 19.4 Å². The molecule has 1 aromatic rings. The number of nitrogens with one attached hydrogen (secondary N) is 1. The molecule has 0 bridgehead atoms. The van der Waals surface area contributed by atoms with E-state index < -0.39 is 23.6 Å². The lowest BCUT2D eigenvalue weighted by atomic mass is 10.1. The molecule has 0 saturated carbocycles. The maximum atomic E-state index is 12.4. The van der Waals surface area contributed by atoms with E-state index in [-0.39, 0.29) is 0 Å². The molecule has 1 unspecified atom stereocenters. The van der Waals surface area contributed by atoms with Crippen molar-refractivity contribution in [3.05, 3.63) is 29.8 Å². The van der Waals surface area contributed by atoms with Crippen molar-refractivity contribution in [3.8, 4) is 12.3 Å². The summed E-state index contributed by atoms with van der Waals surface area (Å²) in [6.45, 7) is 3.37. The molecule has 5 nitrogen and oxygen atoms in total. The summed E-state index contributed by atoms with van der Waals surface area (Å²) in [6.07, 6.45) is 5.64. The number of benzene rings is 1. The zero-order valence-electron chi connectivity index (χ0n) is 11.4. The van der Waals surface area contributed by atoms with Gasteiger partial charge in [-0.05, 0) is 25.5 Å². The first kappa shape index (κ1) is 13.9. The molecule has 1 aliphatic heterocycles. The lowest BCUT2D eigenvalue weighted by Gasteiger charge is -2.27. The summed E-state index contributed by atoms with van der Waals surface area (Å²) < 4.78 is 0. The van der Waals surface area contributed by atoms with Crippen LogP contribution in [0.4, 0.5) is 10.5 Å². The zero-order valence-corrected chi connectivity index (χ0v) is 11.4. The highest BCUT2D eigenvalue weighted by atomic mass is 16.4. The molecule has 1 heterocycles. The Morgan fingerprint density at radius 2 is 2.10 bits per heavy atom. The number of para-hydroxylation sites is 1. The number of carboxylic acids is 1. The van der Waals surface area contributed by atoms with Crippen LogP contribution in [0.15, 0.2) is 24.3 Å². The third-order valence-electron chi connectivity index (χ3n) is 3.26. The number of anilines is 1. The Labute approximate surface area is 117 Å². The van der Waals surface area contributed by atoms with Gasteiger partial charge < -0.3 is 10.4 Å². The number of urea groups is 1. The van der Waals surface area contributed by atoms with Gasteiger partial charge in [0.2, 0.25) is 0 Å². The molecule has 0 radical (unpaired) electrons. The van der Waals surface area contributed by atoms with Gasteiger partial charge in [0.25, 0.3) is 0 Å². The second-order valence-electron chi connectivity index (χ2n) is 5.26. The van der Waals surface area contributed by atoms with Gasteiger partial charge in [-0.3, -0.25) is 4.90 Å². The van der Waals surface area contributed by atoms with Crippen LogP contribution in [0.5, 0.6) is 0 Å². The van der Waals surface area contributed by atoms with E-state index in [4.69, 9.17) is 6.42 Å². The number of hydrogen-bond donors (Lipinski definition) is 2. The molecule has 5 heteroatoms. The Bertz CT molecular complexity index is 601. The number of hydrogen-bond acceptors (Lipinski definition) is 2. The number of fused-ring (bicyclic) bond motifs is 1. The first-order chi connectivity index (χ1) is 9.35. The van der Waals surface area contributed by atoms with Crippen LogP contribution in [0.2, 0.25) is 0 Å². The maximum Gasteiger partial charge on any atom is 0.327 e. The van der Waals surface area contributed by atoms with Crippen LogP contribution >= 0.6 is 0 Å². The lowest BCUT2D eigenvalue weighted by molar-refractivity contribution is -0.138. The Morgan fingerprint density at radius 1 is 1.45 bits per heavy atom. The second kappa shape index (κ2) is 4.89. The number of aliphatic carboxylic acids is 1. The van der Waals surface area contributed by atoms with Gasteiger partial charge in [0, 0.05) is 12.1 Å². The second-order valence-corrected chi connectivity index (χ2v) is 5.26. The smallest absolute Gasteiger partial charge is 0.327 e. The molecule has 0 aliphatic carbocycles. The predicted molar refractivity (Wildman–Crippen MR) is 75.5 cm³/mol. The van der Waals surface area contributed by atoms with Crippen molar-refractivity contribution in [2.24, 2.45) is 0 Å². The molecule has 20 heavy (non-hydrogen) atoms. The van der Waals surface area contributed by atoms with Crippen molar-refractivity contribution in [2.45, 2.75) is 31.8 Å². The van der Waals surface area contributed by atoms with Gasteiger partial charge in [-0.25, -0.2) is 9.59 Å². The summed E-state index contributed by atoms with van der Waals surface area (Å²) in [5, 5.41) is 12.0. The van der Waals surface area contributed by atoms with Crippen LogP contribution in [-0.4, -0.2) is 28.7 Å². The van der Waals surface area contributed by atoms with E-state index in [1.807, 2.05) is 12.1 Å². The van der Waals surface area contributed by atoms with Gasteiger partial charge in [-0.15, -0.1) is 6.42 Å². The monoisotopic (exact) mass is 272 g/mol. The normalized spacial score (nSPS) is 17.2. The summed E-state index contributed by atoms with van der Waals surface area (Å²) in [7, 11) is 0. The number of carbonyl (C=O) groups excluding carboxylic acids is 1. The first-order valence-electron chi connectivity index (χ1n) is 6.25. The summed E-state index contributed by atoms with van der Waals surface area (Å²) >= 11 is 0. The average Bonchev–Trinajstić information content (AvgIpc) is 2.77. The molecule has 2 amide bonds. The van der Waals surface area contributed by atoms with Gasteiger partial charge in [0.15, 0.2) is 0 Å². The highest BCUT2D eigenvalue weighted by molar-refractivity contribution is 6.01. The molecule has 0 saturated heterocycles. The van der Waals surface area contributed by atoms with Gasteiger partial charge >= 0.3 is 12.0 Å². The minimum Gasteiger partial charge on any atom is -0.480 e. The maximum absolute atomic E-state index is 12.4. The van der Waals surface area contributed by atoms with Crippen molar-refractivity contribution in [1.29, 1.82) is 0 Å². The van der Waals surface area contributed by atoms with E-state index in [1.54, 1.807) is 26.0 Å². The van der Waals surface area contributed by atoms with E-state index in [1.165, 1.54) is 4.90 Å². The Hall–Kier alpha value is -2.48. The third kappa shape index (κ3) is 2.45. The van der Waals surface area contributed by atoms with Crippen LogP contribution in [0, 0.1) is 12.3 Å². The highest BCUT2D eigenvalue weighted by Crippen LogP contribution is 2.32. The minimum atomic E-state index is -1.03. The van der Waals surface area contributed by atoms with Crippen LogP contribution < -0.4 is 10.2 Å². The van der Waals surface area contributed by atoms with E-state index in [0.717, 1.165) is 5.56 Å². The van der Waals surface area contributed by atoms with E-state index in [2.05, 4.69) is 11.2 Å². The van der Waals surface area contributed by atoms with Gasteiger partial charge in [-0.2, -0.15) is 0 Å². The lowest BCUT2D eigenvalue weighted by Crippen LogP contribution is -2.53. The molecule has 0 aromatic heterocycles. The first-order valence-corrected chi connectivity index (χ1v) is 6.25. The van der Waals surface area contributed by atoms with Crippen molar-refractivity contribution < 1.29 is 14.7 Å². The van der Waals surface area contributed by atoms with Crippen molar-refractivity contribution in [1.82, 2.24) is 5.32 Å². The van der Waals surface area contributed by atoms with Crippen LogP contribution in [0.3, 0.4) is 0 Å². The third-order valence-corrected chi connectivity index (χ3v) is 3.26. The van der Waals surface area contributed by atoms with Crippen LogP contribution in [0.25, 0.3) is 0 Å². The fourth-order valence-corrected chi connectivity index (χ4v) is 2.20. The van der Waals surface area contributed by atoms with Crippen molar-refractivity contribution in [2.75, 3.05) is 4.90 Å². The number of carbonyl (C=O) groups is 2. The highest BCUT2D eigenvalue weighted by Gasteiger charge is 2.39. The quantitative estimate of drug-likeness (QED) is 0.804. The van der Waals surface area contributed by atoms with Crippen molar-refractivity contribution in [3.63, 3.8) is 0 Å². The molecule has 2 N–H and O–H groups in total. The molecular weight excluding hydrogens is 256 g/mol. The fraction of sp³-hybridized carbons (Fsp3) is 0.333. The SMILES string of the molecule is C#CC(C)(C)NC(=O)N1c2ccccc2CC1C(=O)O. The molecule has 0 spiro atoms. The number of carboxylic acid groups (broad SMARTS) is 1. The average molecular weight is 272 g/mol. The molecule has 104 valence electrons. The molecule has 0 fully saturated rings. The molecule has 1 aromatic carbocycles. The van der Waals surface area contributed by atoms with Gasteiger partial charge in [0.1, 0.15) is 6.04 Å². The molecular formula is C15H16N2O3. The molecule has 2 rings (SSSR count). The largest absolute Gasteiger partial charge is 0.480 e. The summed E-state index contributed by atoms with van der Waals surface area (Å²) in [5.41, 5.74) is 0.622. The Balaban J connectivity index is 2.34. The summed E-state index contributed by atoms with van der Waals surface area (Å²) in [5.74, 6) is 1.43. The number of amides is 2. The summed E-state index contributed by atoms with van der Waals surface area (Å²) in [4.78, 5) is 25.0. The van der Waals surface area contributed by atoms with Gasteiger partial charge in [-0.1, -0.05) is 24.1 Å². The minimum absolute atomic E-state index is 0.301. The van der Waals surface area contributed by atoms with E-state index in [9.17, 15) is 14.7 Å².